The minimum atomic E-state index is -4.10. The van der Waals surface area contributed by atoms with Crippen LogP contribution in [-0.2, 0) is 23.6 Å². The van der Waals surface area contributed by atoms with Crippen molar-refractivity contribution in [2.24, 2.45) is 0 Å². The normalized spacial score (nSPS) is 13.2. The van der Waals surface area contributed by atoms with Crippen molar-refractivity contribution < 1.29 is 22.0 Å². The highest BCUT2D eigenvalue weighted by Crippen LogP contribution is 2.60. The molecule has 3 rings (SSSR count). The second-order valence-corrected chi connectivity index (χ2v) is 11.1. The summed E-state index contributed by atoms with van der Waals surface area (Å²) in [6.07, 6.45) is 0. The summed E-state index contributed by atoms with van der Waals surface area (Å²) in [5.41, 5.74) is 1.39. The summed E-state index contributed by atoms with van der Waals surface area (Å²) in [5.74, 6) is -1.19. The van der Waals surface area contributed by atoms with Crippen molar-refractivity contribution in [1.82, 2.24) is 4.72 Å². The van der Waals surface area contributed by atoms with E-state index >= 15 is 0 Å². The summed E-state index contributed by atoms with van der Waals surface area (Å²) < 4.78 is 54.5. The predicted octanol–water partition coefficient (Wildman–Crippen LogP) is 5.15. The average Bonchev–Trinajstić information content (AvgIpc) is 2.77. The third-order valence-electron chi connectivity index (χ3n) is 4.95. The van der Waals surface area contributed by atoms with E-state index in [2.05, 4.69) is 4.72 Å². The molecule has 0 aliphatic heterocycles. The molecule has 1 N–H and O–H groups in total. The number of hydrogen-bond acceptors (Lipinski definition) is 6. The van der Waals surface area contributed by atoms with E-state index in [0.717, 1.165) is 11.1 Å². The Morgan fingerprint density at radius 1 is 0.875 bits per heavy atom. The number of hydrogen-bond donors (Lipinski definition) is 1. The molecule has 172 valence electrons. The lowest BCUT2D eigenvalue weighted by Crippen LogP contribution is -2.30. The maximum absolute atomic E-state index is 13.7. The smallest absolute Gasteiger partial charge is 0.352 e. The molecule has 0 fully saturated rings. The van der Waals surface area contributed by atoms with Crippen LogP contribution >= 0.6 is 7.60 Å². The van der Waals surface area contributed by atoms with E-state index in [0.29, 0.717) is 10.9 Å². The van der Waals surface area contributed by atoms with Gasteiger partial charge in [-0.3, -0.25) is 4.57 Å². The number of fused-ring (bicyclic) bond motifs is 1. The van der Waals surface area contributed by atoms with E-state index in [1.54, 1.807) is 62.4 Å². The zero-order chi connectivity index (χ0) is 23.4. The molecule has 0 amide bonds. The summed E-state index contributed by atoms with van der Waals surface area (Å²) in [6, 6.07) is 19.3. The standard InChI is InChI=1S/C23H29N2O5PS/c1-5-29-31(26,30-6-2)23(18-12-8-7-9-13-18)24-32(27,28)22-17-11-14-19-20(22)15-10-16-21(19)25(3)4/h7-17,23-24H,5-6H2,1-4H3. The first-order valence-electron chi connectivity index (χ1n) is 10.4. The molecule has 0 bridgehead atoms. The number of benzene rings is 3. The minimum Gasteiger partial charge on any atom is -0.377 e. The molecule has 0 aromatic heterocycles. The number of nitrogens with zero attached hydrogens (tertiary/aromatic N) is 1. The number of rotatable bonds is 10. The fraction of sp³-hybridized carbons (Fsp3) is 0.304. The van der Waals surface area contributed by atoms with Crippen molar-refractivity contribution in [3.05, 3.63) is 72.3 Å². The molecule has 0 heterocycles. The molecule has 1 atom stereocenters. The Morgan fingerprint density at radius 2 is 1.47 bits per heavy atom. The van der Waals surface area contributed by atoms with Crippen LogP contribution in [0.3, 0.4) is 0 Å². The summed E-state index contributed by atoms with van der Waals surface area (Å²) in [7, 11) is -4.14. The Kier molecular flexibility index (Phi) is 7.75. The summed E-state index contributed by atoms with van der Waals surface area (Å²) in [6.45, 7) is 3.61. The van der Waals surface area contributed by atoms with Gasteiger partial charge in [0.15, 0.2) is 0 Å². The Labute approximate surface area is 189 Å². The number of nitrogens with one attached hydrogen (secondary N) is 1. The molecule has 0 saturated heterocycles. The SMILES string of the molecule is CCOP(=O)(OCC)C(NS(=O)(=O)c1cccc2c(N(C)C)cccc12)c1ccccc1. The van der Waals surface area contributed by atoms with Gasteiger partial charge in [0, 0.05) is 30.6 Å². The van der Waals surface area contributed by atoms with E-state index in [1.165, 1.54) is 0 Å². The van der Waals surface area contributed by atoms with Crippen molar-refractivity contribution in [1.29, 1.82) is 0 Å². The Balaban J connectivity index is 2.15. The number of anilines is 1. The van der Waals surface area contributed by atoms with Gasteiger partial charge in [-0.15, -0.1) is 0 Å². The van der Waals surface area contributed by atoms with Crippen LogP contribution in [0.25, 0.3) is 10.8 Å². The molecule has 3 aromatic carbocycles. The first-order valence-corrected chi connectivity index (χ1v) is 13.5. The van der Waals surface area contributed by atoms with Crippen LogP contribution in [0.5, 0.6) is 0 Å². The average molecular weight is 477 g/mol. The lowest BCUT2D eigenvalue weighted by atomic mass is 10.1. The van der Waals surface area contributed by atoms with Crippen molar-refractivity contribution in [2.75, 3.05) is 32.2 Å². The van der Waals surface area contributed by atoms with Crippen molar-refractivity contribution in [3.8, 4) is 0 Å². The molecule has 7 nitrogen and oxygen atoms in total. The van der Waals surface area contributed by atoms with Gasteiger partial charge in [0.1, 0.15) is 5.78 Å². The topological polar surface area (TPSA) is 84.9 Å². The van der Waals surface area contributed by atoms with Crippen molar-refractivity contribution >= 4 is 34.1 Å². The molecular weight excluding hydrogens is 447 g/mol. The molecule has 32 heavy (non-hydrogen) atoms. The molecule has 3 aromatic rings. The van der Waals surface area contributed by atoms with Gasteiger partial charge in [0.05, 0.1) is 18.1 Å². The Hall–Kier alpha value is -2.22. The van der Waals surface area contributed by atoms with Crippen LogP contribution < -0.4 is 9.62 Å². The molecule has 9 heteroatoms. The van der Waals surface area contributed by atoms with Crippen LogP contribution in [0.15, 0.2) is 71.6 Å². The van der Waals surface area contributed by atoms with Gasteiger partial charge >= 0.3 is 7.60 Å². The molecule has 0 saturated carbocycles. The van der Waals surface area contributed by atoms with Crippen molar-refractivity contribution in [3.63, 3.8) is 0 Å². The molecule has 0 spiro atoms. The zero-order valence-corrected chi connectivity index (χ0v) is 20.4. The lowest BCUT2D eigenvalue weighted by Gasteiger charge is -2.27. The van der Waals surface area contributed by atoms with Crippen LogP contribution in [0.4, 0.5) is 5.69 Å². The predicted molar refractivity (Wildman–Crippen MR) is 129 cm³/mol. The van der Waals surface area contributed by atoms with Crippen LogP contribution in [0.2, 0.25) is 0 Å². The molecule has 1 unspecified atom stereocenters. The van der Waals surface area contributed by atoms with E-state index in [-0.39, 0.29) is 18.1 Å². The second-order valence-electron chi connectivity index (χ2n) is 7.33. The van der Waals surface area contributed by atoms with Gasteiger partial charge in [-0.2, -0.15) is 4.72 Å². The summed E-state index contributed by atoms with van der Waals surface area (Å²) in [4.78, 5) is 2.02. The van der Waals surface area contributed by atoms with Gasteiger partial charge in [0.25, 0.3) is 0 Å². The Bertz CT molecular complexity index is 1210. The van der Waals surface area contributed by atoms with Crippen molar-refractivity contribution in [2.45, 2.75) is 24.5 Å². The van der Waals surface area contributed by atoms with Crippen LogP contribution in [-0.4, -0.2) is 35.7 Å². The van der Waals surface area contributed by atoms with Gasteiger partial charge < -0.3 is 13.9 Å². The molecule has 0 radical (unpaired) electrons. The highest BCUT2D eigenvalue weighted by Gasteiger charge is 2.40. The fourth-order valence-electron chi connectivity index (χ4n) is 3.60. The van der Waals surface area contributed by atoms with Gasteiger partial charge in [-0.05, 0) is 31.5 Å². The van der Waals surface area contributed by atoms with Crippen LogP contribution in [0.1, 0.15) is 25.2 Å². The van der Waals surface area contributed by atoms with Gasteiger partial charge in [0.2, 0.25) is 10.0 Å². The lowest BCUT2D eigenvalue weighted by molar-refractivity contribution is 0.210. The van der Waals surface area contributed by atoms with E-state index in [9.17, 15) is 13.0 Å². The third-order valence-corrected chi connectivity index (χ3v) is 8.90. The maximum Gasteiger partial charge on any atom is 0.352 e. The summed E-state index contributed by atoms with van der Waals surface area (Å²) in [5, 5.41) is 1.37. The van der Waals surface area contributed by atoms with E-state index in [1.807, 2.05) is 37.2 Å². The highest BCUT2D eigenvalue weighted by molar-refractivity contribution is 7.90. The molecular formula is C23H29N2O5PS. The third kappa shape index (κ3) is 5.05. The van der Waals surface area contributed by atoms with Crippen LogP contribution in [0, 0.1) is 0 Å². The number of sulfonamides is 1. The largest absolute Gasteiger partial charge is 0.377 e. The molecule has 0 aliphatic carbocycles. The quantitative estimate of drug-likeness (QED) is 0.408. The first-order chi connectivity index (χ1) is 15.2. The van der Waals surface area contributed by atoms with E-state index in [4.69, 9.17) is 9.05 Å². The molecule has 0 aliphatic rings. The monoisotopic (exact) mass is 476 g/mol. The Morgan fingerprint density at radius 3 is 2.06 bits per heavy atom. The fourth-order valence-corrected chi connectivity index (χ4v) is 7.44. The second kappa shape index (κ2) is 10.1. The minimum absolute atomic E-state index is 0.0965. The summed E-state index contributed by atoms with van der Waals surface area (Å²) >= 11 is 0. The van der Waals surface area contributed by atoms with E-state index < -0.39 is 23.4 Å². The highest BCUT2D eigenvalue weighted by atomic mass is 32.2. The zero-order valence-electron chi connectivity index (χ0n) is 18.7. The first kappa shape index (κ1) is 24.4. The van der Waals surface area contributed by atoms with Gasteiger partial charge in [-0.1, -0.05) is 54.6 Å². The van der Waals surface area contributed by atoms with Gasteiger partial charge in [-0.25, -0.2) is 8.42 Å². The maximum atomic E-state index is 13.7.